The summed E-state index contributed by atoms with van der Waals surface area (Å²) >= 11 is 3.34. The molecule has 2 aromatic heterocycles. The van der Waals surface area contributed by atoms with Crippen molar-refractivity contribution < 1.29 is 13.9 Å². The van der Waals surface area contributed by atoms with Crippen molar-refractivity contribution >= 4 is 34.6 Å². The van der Waals surface area contributed by atoms with Crippen LogP contribution in [0.2, 0.25) is 0 Å². The number of aryl methyl sites for hydroxylation is 1. The van der Waals surface area contributed by atoms with Crippen LogP contribution in [0.5, 0.6) is 11.5 Å². The lowest BCUT2D eigenvalue weighted by Gasteiger charge is -2.12. The molecule has 0 saturated carbocycles. The molecule has 0 radical (unpaired) electrons. The van der Waals surface area contributed by atoms with E-state index in [0.29, 0.717) is 5.75 Å². The molecule has 5 nitrogen and oxygen atoms in total. The lowest BCUT2D eigenvalue weighted by molar-refractivity contribution is 0.398. The van der Waals surface area contributed by atoms with Gasteiger partial charge in [0.25, 0.3) is 0 Å². The predicted molar refractivity (Wildman–Crippen MR) is 128 cm³/mol. The van der Waals surface area contributed by atoms with E-state index in [-0.39, 0.29) is 5.82 Å². The van der Waals surface area contributed by atoms with Crippen LogP contribution in [0.1, 0.15) is 17.7 Å². The van der Waals surface area contributed by atoms with Crippen molar-refractivity contribution in [2.75, 3.05) is 20.0 Å². The van der Waals surface area contributed by atoms with Gasteiger partial charge in [0.2, 0.25) is 0 Å². The molecule has 0 atom stereocenters. The maximum Gasteiger partial charge on any atom is 0.166 e. The molecular weight excluding hydrogens is 445 g/mol. The molecule has 2 heterocycles. The lowest BCUT2D eigenvalue weighted by atomic mass is 10.1. The van der Waals surface area contributed by atoms with Crippen LogP contribution in [-0.4, -0.2) is 34.9 Å². The molecule has 0 fully saturated rings. The van der Waals surface area contributed by atoms with Crippen molar-refractivity contribution in [2.24, 2.45) is 0 Å². The Balaban J connectivity index is 1.37. The van der Waals surface area contributed by atoms with Crippen LogP contribution in [0.15, 0.2) is 64.8 Å². The molecule has 2 aromatic carbocycles. The first kappa shape index (κ1) is 22.5. The zero-order valence-corrected chi connectivity index (χ0v) is 19.6. The number of thioether (sulfide) groups is 2. The fraction of sp³-hybridized carbons (Fsp3) is 0.250. The standard InChI is InChI=1S/C24H24FN3O2S2/c1-29-18-9-10-19-20(14-18)28-24(27-19)32-15-21-23(30-2)22(11-12-26-21)31-13-3-4-16-5-7-17(25)8-6-16/h5-12,14H,3-4,13,15H2,1-2H3,(H,27,28). The SMILES string of the molecule is COc1ccc2nc(SCc3nccc(SCCCc4ccc(F)cc4)c3OC)[nH]c2c1. The van der Waals surface area contributed by atoms with Gasteiger partial charge in [-0.05, 0) is 54.5 Å². The summed E-state index contributed by atoms with van der Waals surface area (Å²) < 4.78 is 24.0. The zero-order chi connectivity index (χ0) is 22.3. The second kappa shape index (κ2) is 10.7. The number of imidazole rings is 1. The molecule has 166 valence electrons. The Morgan fingerprint density at radius 1 is 1.00 bits per heavy atom. The number of fused-ring (bicyclic) bond motifs is 1. The number of halogens is 1. The van der Waals surface area contributed by atoms with E-state index in [1.807, 2.05) is 42.6 Å². The molecule has 1 N–H and O–H groups in total. The van der Waals surface area contributed by atoms with Crippen molar-refractivity contribution in [3.05, 3.63) is 71.8 Å². The third-order valence-corrected chi connectivity index (χ3v) is 6.95. The first-order valence-electron chi connectivity index (χ1n) is 10.2. The number of nitrogens with one attached hydrogen (secondary N) is 1. The molecule has 0 saturated heterocycles. The number of hydrogen-bond donors (Lipinski definition) is 1. The summed E-state index contributed by atoms with van der Waals surface area (Å²) in [5.41, 5.74) is 3.88. The maximum absolute atomic E-state index is 13.0. The van der Waals surface area contributed by atoms with Gasteiger partial charge < -0.3 is 14.5 Å². The molecule has 4 rings (SSSR count). The normalized spacial score (nSPS) is 11.1. The van der Waals surface area contributed by atoms with Gasteiger partial charge in [-0.3, -0.25) is 4.98 Å². The van der Waals surface area contributed by atoms with Crippen molar-refractivity contribution in [2.45, 2.75) is 28.6 Å². The van der Waals surface area contributed by atoms with Crippen LogP contribution in [0.3, 0.4) is 0 Å². The van der Waals surface area contributed by atoms with E-state index in [1.165, 1.54) is 12.1 Å². The van der Waals surface area contributed by atoms with Crippen LogP contribution in [0.25, 0.3) is 11.0 Å². The van der Waals surface area contributed by atoms with Crippen molar-refractivity contribution in [3.63, 3.8) is 0 Å². The molecule has 0 unspecified atom stereocenters. The van der Waals surface area contributed by atoms with Crippen LogP contribution in [0, 0.1) is 5.82 Å². The van der Waals surface area contributed by atoms with E-state index in [9.17, 15) is 4.39 Å². The Hall–Kier alpha value is -2.71. The number of pyridine rings is 1. The average molecular weight is 470 g/mol. The molecule has 0 aliphatic rings. The fourth-order valence-electron chi connectivity index (χ4n) is 3.31. The summed E-state index contributed by atoms with van der Waals surface area (Å²) in [5, 5.41) is 0.828. The van der Waals surface area contributed by atoms with Gasteiger partial charge >= 0.3 is 0 Å². The topological polar surface area (TPSA) is 60.0 Å². The van der Waals surface area contributed by atoms with E-state index < -0.39 is 0 Å². The van der Waals surface area contributed by atoms with Crippen LogP contribution >= 0.6 is 23.5 Å². The van der Waals surface area contributed by atoms with Crippen molar-refractivity contribution in [1.82, 2.24) is 15.0 Å². The monoisotopic (exact) mass is 469 g/mol. The molecule has 0 aliphatic carbocycles. The van der Waals surface area contributed by atoms with Crippen LogP contribution in [0.4, 0.5) is 4.39 Å². The van der Waals surface area contributed by atoms with Crippen LogP contribution < -0.4 is 9.47 Å². The number of ether oxygens (including phenoxy) is 2. The summed E-state index contributed by atoms with van der Waals surface area (Å²) in [4.78, 5) is 13.6. The third-order valence-electron chi connectivity index (χ3n) is 4.94. The second-order valence-electron chi connectivity index (χ2n) is 7.08. The summed E-state index contributed by atoms with van der Waals surface area (Å²) in [6.07, 6.45) is 3.73. The number of nitrogens with zero attached hydrogens (tertiary/aromatic N) is 2. The molecular formula is C24H24FN3O2S2. The Morgan fingerprint density at radius 2 is 1.84 bits per heavy atom. The Morgan fingerprint density at radius 3 is 2.62 bits per heavy atom. The highest BCUT2D eigenvalue weighted by molar-refractivity contribution is 7.99. The number of methoxy groups -OCH3 is 2. The minimum Gasteiger partial charge on any atom is -0.497 e. The molecule has 32 heavy (non-hydrogen) atoms. The summed E-state index contributed by atoms with van der Waals surface area (Å²) in [6, 6.07) is 14.5. The molecule has 0 aliphatic heterocycles. The van der Waals surface area contributed by atoms with E-state index in [1.54, 1.807) is 37.7 Å². The number of hydrogen-bond acceptors (Lipinski definition) is 6. The smallest absolute Gasteiger partial charge is 0.166 e. The van der Waals surface area contributed by atoms with Crippen LogP contribution in [-0.2, 0) is 12.2 Å². The van der Waals surface area contributed by atoms with E-state index in [2.05, 4.69) is 15.0 Å². The number of benzene rings is 2. The summed E-state index contributed by atoms with van der Waals surface area (Å²) in [6.45, 7) is 0. The van der Waals surface area contributed by atoms with E-state index >= 15 is 0 Å². The Kier molecular flexibility index (Phi) is 7.55. The third kappa shape index (κ3) is 5.55. The lowest BCUT2D eigenvalue weighted by Crippen LogP contribution is -1.97. The van der Waals surface area contributed by atoms with E-state index in [4.69, 9.17) is 9.47 Å². The van der Waals surface area contributed by atoms with Crippen molar-refractivity contribution in [3.8, 4) is 11.5 Å². The highest BCUT2D eigenvalue weighted by Crippen LogP contribution is 2.35. The number of H-pyrrole nitrogens is 1. The molecule has 4 aromatic rings. The maximum atomic E-state index is 13.0. The number of aromatic nitrogens is 3. The second-order valence-corrected chi connectivity index (χ2v) is 9.18. The summed E-state index contributed by atoms with van der Waals surface area (Å²) in [7, 11) is 3.33. The number of aromatic amines is 1. The zero-order valence-electron chi connectivity index (χ0n) is 17.9. The largest absolute Gasteiger partial charge is 0.497 e. The number of rotatable bonds is 10. The Labute approximate surface area is 195 Å². The minimum absolute atomic E-state index is 0.197. The summed E-state index contributed by atoms with van der Waals surface area (Å²) in [5.74, 6) is 2.99. The first-order chi connectivity index (χ1) is 15.7. The highest BCUT2D eigenvalue weighted by atomic mass is 32.2. The Bertz CT molecular complexity index is 1180. The molecule has 0 bridgehead atoms. The van der Waals surface area contributed by atoms with Gasteiger partial charge in [0.05, 0.1) is 35.8 Å². The van der Waals surface area contributed by atoms with E-state index in [0.717, 1.165) is 62.4 Å². The van der Waals surface area contributed by atoms with Gasteiger partial charge in [0.15, 0.2) is 10.9 Å². The van der Waals surface area contributed by atoms with Gasteiger partial charge in [-0.25, -0.2) is 9.37 Å². The molecule has 0 spiro atoms. The van der Waals surface area contributed by atoms with Gasteiger partial charge in [0.1, 0.15) is 11.6 Å². The average Bonchev–Trinajstić information content (AvgIpc) is 3.23. The predicted octanol–water partition coefficient (Wildman–Crippen LogP) is 6.13. The molecule has 8 heteroatoms. The highest BCUT2D eigenvalue weighted by Gasteiger charge is 2.13. The van der Waals surface area contributed by atoms with Gasteiger partial charge in [-0.2, -0.15) is 0 Å². The first-order valence-corrected chi connectivity index (χ1v) is 12.2. The minimum atomic E-state index is -0.197. The quantitative estimate of drug-likeness (QED) is 0.223. The van der Waals surface area contributed by atoms with Gasteiger partial charge in [0, 0.05) is 18.0 Å². The van der Waals surface area contributed by atoms with Gasteiger partial charge in [-0.1, -0.05) is 23.9 Å². The van der Waals surface area contributed by atoms with Crippen molar-refractivity contribution in [1.29, 1.82) is 0 Å². The fourth-order valence-corrected chi connectivity index (χ4v) is 5.14. The molecule has 0 amide bonds. The van der Waals surface area contributed by atoms with Gasteiger partial charge in [-0.15, -0.1) is 11.8 Å².